The number of hydrogen-bond donors (Lipinski definition) is 0. The van der Waals surface area contributed by atoms with Crippen molar-refractivity contribution in [1.29, 1.82) is 0 Å². The zero-order valence-electron chi connectivity index (χ0n) is 7.76. The van der Waals surface area contributed by atoms with Gasteiger partial charge in [-0.15, -0.1) is 11.6 Å². The van der Waals surface area contributed by atoms with Gasteiger partial charge in [0.25, 0.3) is 0 Å². The molecule has 0 unspecified atom stereocenters. The molecular formula is C8H10ClN5. The zero-order valence-corrected chi connectivity index (χ0v) is 8.52. The molecule has 5 nitrogen and oxygen atoms in total. The first-order valence-corrected chi connectivity index (χ1v) is 4.74. The summed E-state index contributed by atoms with van der Waals surface area (Å²) in [5, 5.41) is 8.31. The molecular weight excluding hydrogens is 202 g/mol. The van der Waals surface area contributed by atoms with Gasteiger partial charge in [0, 0.05) is 13.2 Å². The molecule has 0 amide bonds. The number of halogens is 1. The lowest BCUT2D eigenvalue weighted by Gasteiger charge is -2.00. The topological polar surface area (TPSA) is 48.5 Å². The minimum atomic E-state index is 0.368. The van der Waals surface area contributed by atoms with Crippen LogP contribution in [0.15, 0.2) is 18.6 Å². The Bertz CT molecular complexity index is 419. The molecule has 0 N–H and O–H groups in total. The van der Waals surface area contributed by atoms with E-state index in [-0.39, 0.29) is 0 Å². The summed E-state index contributed by atoms with van der Waals surface area (Å²) in [6.45, 7) is 0.614. The maximum absolute atomic E-state index is 5.70. The van der Waals surface area contributed by atoms with E-state index >= 15 is 0 Å². The zero-order chi connectivity index (χ0) is 9.97. The molecule has 6 heteroatoms. The predicted molar refractivity (Wildman–Crippen MR) is 51.9 cm³/mol. The van der Waals surface area contributed by atoms with Gasteiger partial charge in [-0.05, 0) is 6.07 Å². The van der Waals surface area contributed by atoms with Gasteiger partial charge in [0.05, 0.1) is 18.1 Å². The third kappa shape index (κ3) is 1.77. The molecule has 0 saturated heterocycles. The molecule has 0 saturated carbocycles. The molecule has 2 aromatic heterocycles. The molecule has 0 atom stereocenters. The van der Waals surface area contributed by atoms with E-state index in [1.807, 2.05) is 19.3 Å². The van der Waals surface area contributed by atoms with E-state index in [2.05, 4.69) is 15.2 Å². The van der Waals surface area contributed by atoms with Crippen LogP contribution in [0.4, 0.5) is 0 Å². The van der Waals surface area contributed by atoms with Gasteiger partial charge in [-0.1, -0.05) is 0 Å². The number of hydrogen-bond acceptors (Lipinski definition) is 3. The first kappa shape index (κ1) is 9.21. The Morgan fingerprint density at radius 2 is 2.36 bits per heavy atom. The molecule has 0 radical (unpaired) electrons. The molecule has 0 aliphatic rings. The lowest BCUT2D eigenvalue weighted by atomic mass is 10.4. The largest absolute Gasteiger partial charge is 0.275 e. The Morgan fingerprint density at radius 3 is 3.00 bits per heavy atom. The van der Waals surface area contributed by atoms with E-state index in [1.54, 1.807) is 9.36 Å². The minimum Gasteiger partial charge on any atom is -0.275 e. The molecule has 2 aromatic rings. The average molecular weight is 212 g/mol. The fourth-order valence-electron chi connectivity index (χ4n) is 1.22. The Balaban J connectivity index is 2.18. The molecule has 0 aliphatic carbocycles. The van der Waals surface area contributed by atoms with Crippen molar-refractivity contribution in [2.24, 2.45) is 7.05 Å². The van der Waals surface area contributed by atoms with Gasteiger partial charge in [0.1, 0.15) is 12.2 Å². The number of aryl methyl sites for hydroxylation is 1. The second-order valence-corrected chi connectivity index (χ2v) is 3.22. The lowest BCUT2D eigenvalue weighted by molar-refractivity contribution is 0.628. The molecule has 2 rings (SSSR count). The van der Waals surface area contributed by atoms with E-state index in [0.717, 1.165) is 11.5 Å². The Hall–Kier alpha value is -1.36. The molecule has 14 heavy (non-hydrogen) atoms. The second kappa shape index (κ2) is 3.79. The highest BCUT2D eigenvalue weighted by Crippen LogP contribution is 2.02. The summed E-state index contributed by atoms with van der Waals surface area (Å²) in [5.41, 5.74) is 0.948. The highest BCUT2D eigenvalue weighted by atomic mass is 35.5. The summed E-state index contributed by atoms with van der Waals surface area (Å²) in [7, 11) is 1.88. The number of alkyl halides is 1. The lowest BCUT2D eigenvalue weighted by Crippen LogP contribution is -2.06. The van der Waals surface area contributed by atoms with Crippen molar-refractivity contribution in [3.63, 3.8) is 0 Å². The maximum Gasteiger partial charge on any atom is 0.142 e. The normalized spacial score (nSPS) is 10.7. The predicted octanol–water partition coefficient (Wildman–Crippen LogP) is 0.799. The first-order chi connectivity index (χ1) is 6.79. The SMILES string of the molecule is Cn1ccc(Cn2ncnc2CCl)n1. The summed E-state index contributed by atoms with van der Waals surface area (Å²) >= 11 is 5.70. The smallest absolute Gasteiger partial charge is 0.142 e. The number of rotatable bonds is 3. The average Bonchev–Trinajstić information content (AvgIpc) is 2.76. The fourth-order valence-corrected chi connectivity index (χ4v) is 1.43. The van der Waals surface area contributed by atoms with Crippen LogP contribution in [0.5, 0.6) is 0 Å². The molecule has 0 fully saturated rings. The van der Waals surface area contributed by atoms with Crippen molar-refractivity contribution in [3.8, 4) is 0 Å². The molecule has 74 valence electrons. The van der Waals surface area contributed by atoms with E-state index in [4.69, 9.17) is 11.6 Å². The van der Waals surface area contributed by atoms with Crippen molar-refractivity contribution in [2.75, 3.05) is 0 Å². The van der Waals surface area contributed by atoms with Crippen LogP contribution < -0.4 is 0 Å². The molecule has 0 bridgehead atoms. The molecule has 0 aliphatic heterocycles. The van der Waals surface area contributed by atoms with Crippen molar-refractivity contribution in [3.05, 3.63) is 30.1 Å². The Kier molecular flexibility index (Phi) is 2.49. The summed E-state index contributed by atoms with van der Waals surface area (Å²) in [6.07, 6.45) is 3.40. The first-order valence-electron chi connectivity index (χ1n) is 4.21. The van der Waals surface area contributed by atoms with Crippen molar-refractivity contribution in [2.45, 2.75) is 12.4 Å². The van der Waals surface area contributed by atoms with Crippen molar-refractivity contribution >= 4 is 11.6 Å². The monoisotopic (exact) mass is 211 g/mol. The summed E-state index contributed by atoms with van der Waals surface area (Å²) < 4.78 is 3.50. The number of nitrogens with zero attached hydrogens (tertiary/aromatic N) is 5. The van der Waals surface area contributed by atoms with Crippen LogP contribution in [0.1, 0.15) is 11.5 Å². The fraction of sp³-hybridized carbons (Fsp3) is 0.375. The van der Waals surface area contributed by atoms with Crippen LogP contribution in [0.25, 0.3) is 0 Å². The van der Waals surface area contributed by atoms with Gasteiger partial charge in [0.2, 0.25) is 0 Å². The highest BCUT2D eigenvalue weighted by molar-refractivity contribution is 6.16. The molecule has 0 aromatic carbocycles. The van der Waals surface area contributed by atoms with Gasteiger partial charge in [-0.25, -0.2) is 9.67 Å². The summed E-state index contributed by atoms with van der Waals surface area (Å²) in [4.78, 5) is 4.02. The van der Waals surface area contributed by atoms with Gasteiger partial charge in [0.15, 0.2) is 0 Å². The van der Waals surface area contributed by atoms with Gasteiger partial charge < -0.3 is 0 Å². The maximum atomic E-state index is 5.70. The second-order valence-electron chi connectivity index (χ2n) is 2.95. The summed E-state index contributed by atoms with van der Waals surface area (Å²) in [5.74, 6) is 1.13. The highest BCUT2D eigenvalue weighted by Gasteiger charge is 2.04. The standard InChI is InChI=1S/C8H10ClN5/c1-13-3-2-7(12-13)5-14-8(4-9)10-6-11-14/h2-3,6H,4-5H2,1H3. The van der Waals surface area contributed by atoms with E-state index < -0.39 is 0 Å². The van der Waals surface area contributed by atoms with Crippen LogP contribution in [-0.4, -0.2) is 24.5 Å². The van der Waals surface area contributed by atoms with Crippen molar-refractivity contribution < 1.29 is 0 Å². The third-order valence-corrected chi connectivity index (χ3v) is 2.13. The third-order valence-electron chi connectivity index (χ3n) is 1.90. The van der Waals surface area contributed by atoms with Gasteiger partial charge >= 0.3 is 0 Å². The minimum absolute atomic E-state index is 0.368. The van der Waals surface area contributed by atoms with E-state index in [9.17, 15) is 0 Å². The van der Waals surface area contributed by atoms with E-state index in [1.165, 1.54) is 6.33 Å². The van der Waals surface area contributed by atoms with Crippen LogP contribution >= 0.6 is 11.6 Å². The molecule has 0 spiro atoms. The van der Waals surface area contributed by atoms with Crippen LogP contribution in [0.3, 0.4) is 0 Å². The van der Waals surface area contributed by atoms with Gasteiger partial charge in [-0.3, -0.25) is 4.68 Å². The number of aromatic nitrogens is 5. The quantitative estimate of drug-likeness (QED) is 0.706. The Morgan fingerprint density at radius 1 is 1.50 bits per heavy atom. The molecule has 2 heterocycles. The van der Waals surface area contributed by atoms with Gasteiger partial charge in [-0.2, -0.15) is 10.2 Å². The summed E-state index contributed by atoms with van der Waals surface area (Å²) in [6, 6.07) is 1.94. The Labute approximate surface area is 86.3 Å². The van der Waals surface area contributed by atoms with Crippen LogP contribution in [0, 0.1) is 0 Å². The van der Waals surface area contributed by atoms with E-state index in [0.29, 0.717) is 12.4 Å². The van der Waals surface area contributed by atoms with Crippen LogP contribution in [0.2, 0.25) is 0 Å². The van der Waals surface area contributed by atoms with Crippen molar-refractivity contribution in [1.82, 2.24) is 24.5 Å². The van der Waals surface area contributed by atoms with Crippen LogP contribution in [-0.2, 0) is 19.5 Å².